The van der Waals surface area contributed by atoms with E-state index >= 15 is 0 Å². The van der Waals surface area contributed by atoms with Crippen molar-refractivity contribution in [2.75, 3.05) is 0 Å². The molecule has 0 aliphatic heterocycles. The van der Waals surface area contributed by atoms with Crippen LogP contribution >= 0.6 is 0 Å². The molecule has 0 spiro atoms. The molecule has 1 heterocycles. The van der Waals surface area contributed by atoms with Crippen molar-refractivity contribution in [3.05, 3.63) is 18.2 Å². The van der Waals surface area contributed by atoms with Crippen LogP contribution in [0.1, 0.15) is 181 Å². The Bertz CT molecular complexity index is 547. The lowest BCUT2D eigenvalue weighted by Gasteiger charge is -2.06. The molecule has 0 saturated heterocycles. The zero-order valence-electron chi connectivity index (χ0n) is 24.6. The number of aryl methyl sites for hydroxylation is 2. The molecule has 0 N–H and O–H groups in total. The summed E-state index contributed by atoms with van der Waals surface area (Å²) in [6.45, 7) is 9.23. The molecule has 0 unspecified atom stereocenters. The third-order valence-corrected chi connectivity index (χ3v) is 7.94. The maximum Gasteiger partial charge on any atom is 0.256 e. The van der Waals surface area contributed by atoms with E-state index in [0.717, 1.165) is 6.54 Å². The Kier molecular flexibility index (Phi) is 22.9. The van der Waals surface area contributed by atoms with Crippen molar-refractivity contribution in [2.45, 2.75) is 194 Å². The molecule has 1 rings (SSSR count). The van der Waals surface area contributed by atoms with Crippen molar-refractivity contribution in [1.82, 2.24) is 4.57 Å². The van der Waals surface area contributed by atoms with Crippen LogP contribution in [0.25, 0.3) is 0 Å². The highest BCUT2D eigenvalue weighted by molar-refractivity contribution is 4.84. The Labute approximate surface area is 221 Å². The summed E-state index contributed by atoms with van der Waals surface area (Å²) >= 11 is 0. The first kappa shape index (κ1) is 32.2. The van der Waals surface area contributed by atoms with Gasteiger partial charge in [-0.3, -0.25) is 0 Å². The molecule has 0 fully saturated rings. The average Bonchev–Trinajstić information content (AvgIpc) is 3.27. The zero-order valence-corrected chi connectivity index (χ0v) is 24.6. The van der Waals surface area contributed by atoms with E-state index in [1.165, 1.54) is 167 Å². The van der Waals surface area contributed by atoms with Crippen molar-refractivity contribution in [1.29, 1.82) is 0 Å². The molecule has 0 bridgehead atoms. The van der Waals surface area contributed by atoms with Crippen LogP contribution in [0, 0.1) is 0 Å². The Morgan fingerprint density at radius 2 is 0.857 bits per heavy atom. The highest BCUT2D eigenvalue weighted by Crippen LogP contribution is 2.15. The molecule has 0 atom stereocenters. The maximum absolute atomic E-state index is 2.56. The van der Waals surface area contributed by atoms with E-state index in [1.807, 2.05) is 0 Å². The monoisotopic (exact) mass is 490 g/mol. The first-order valence-electron chi connectivity index (χ1n) is 16.4. The molecule has 0 radical (unpaired) electrons. The number of nitrogens with zero attached hydrogens (tertiary/aromatic N) is 2. The number of aromatic nitrogens is 2. The van der Waals surface area contributed by atoms with Crippen molar-refractivity contribution < 1.29 is 4.57 Å². The van der Waals surface area contributed by atoms with Gasteiger partial charge in [0.25, 0.3) is 5.82 Å². The van der Waals surface area contributed by atoms with Gasteiger partial charge >= 0.3 is 0 Å². The fraction of sp³-hybridized carbons (Fsp3) is 0.909. The lowest BCUT2D eigenvalue weighted by Crippen LogP contribution is -2.36. The van der Waals surface area contributed by atoms with E-state index in [0.29, 0.717) is 0 Å². The number of imidazole rings is 1. The summed E-state index contributed by atoms with van der Waals surface area (Å²) in [4.78, 5) is 0. The summed E-state index contributed by atoms with van der Waals surface area (Å²) in [7, 11) is 0. The number of rotatable bonds is 27. The van der Waals surface area contributed by atoms with Crippen LogP contribution < -0.4 is 4.57 Å². The van der Waals surface area contributed by atoms with Gasteiger partial charge in [-0.05, 0) is 26.2 Å². The molecule has 0 aromatic carbocycles. The molecule has 1 aromatic heterocycles. The second kappa shape index (κ2) is 24.9. The third kappa shape index (κ3) is 18.2. The first-order chi connectivity index (χ1) is 17.3. The van der Waals surface area contributed by atoms with Gasteiger partial charge in [0.1, 0.15) is 12.4 Å². The summed E-state index contributed by atoms with van der Waals surface area (Å²) in [5.41, 5.74) is 0. The van der Waals surface area contributed by atoms with Crippen LogP contribution in [-0.2, 0) is 19.5 Å². The highest BCUT2D eigenvalue weighted by atomic mass is 15.1. The van der Waals surface area contributed by atoms with Crippen LogP contribution in [0.5, 0.6) is 0 Å². The van der Waals surface area contributed by atoms with Gasteiger partial charge in [0.05, 0.1) is 13.1 Å². The summed E-state index contributed by atoms with van der Waals surface area (Å²) in [5, 5.41) is 0. The van der Waals surface area contributed by atoms with E-state index < -0.39 is 0 Å². The molecular formula is C33H65N2+. The van der Waals surface area contributed by atoms with E-state index in [2.05, 4.69) is 42.3 Å². The fourth-order valence-corrected chi connectivity index (χ4v) is 5.52. The summed E-state index contributed by atoms with van der Waals surface area (Å²) < 4.78 is 5.05. The summed E-state index contributed by atoms with van der Waals surface area (Å²) in [5.74, 6) is 1.57. The molecule has 2 heteroatoms. The maximum atomic E-state index is 2.56. The van der Waals surface area contributed by atoms with E-state index in [4.69, 9.17) is 0 Å². The van der Waals surface area contributed by atoms with Crippen LogP contribution in [0.3, 0.4) is 0 Å². The number of hydrogen-bond donors (Lipinski definition) is 0. The predicted molar refractivity (Wildman–Crippen MR) is 156 cm³/mol. The van der Waals surface area contributed by atoms with E-state index in [-0.39, 0.29) is 0 Å². The van der Waals surface area contributed by atoms with Gasteiger partial charge in [-0.2, -0.15) is 0 Å². The van der Waals surface area contributed by atoms with Gasteiger partial charge in [-0.25, -0.2) is 9.13 Å². The van der Waals surface area contributed by atoms with Gasteiger partial charge in [0, 0.05) is 6.42 Å². The van der Waals surface area contributed by atoms with Crippen molar-refractivity contribution in [3.8, 4) is 0 Å². The fourth-order valence-electron chi connectivity index (χ4n) is 5.52. The molecule has 0 aliphatic rings. The molecule has 0 amide bonds. The number of hydrogen-bond acceptors (Lipinski definition) is 0. The second-order valence-corrected chi connectivity index (χ2v) is 11.2. The molecular weight excluding hydrogens is 424 g/mol. The molecule has 35 heavy (non-hydrogen) atoms. The van der Waals surface area contributed by atoms with Crippen LogP contribution in [-0.4, -0.2) is 4.57 Å². The van der Waals surface area contributed by atoms with Gasteiger partial charge < -0.3 is 0 Å². The standard InChI is InChI=1S/C33H65N2/c1-4-7-9-11-13-15-16-17-18-19-20-21-23-25-27-29-33-34(6-3)31-32-35(33)30-28-26-24-22-14-12-10-8-5-2/h31-32H,4-30H2,1-3H3/q+1. The van der Waals surface area contributed by atoms with Crippen molar-refractivity contribution in [3.63, 3.8) is 0 Å². The normalized spacial score (nSPS) is 11.5. The minimum atomic E-state index is 1.11. The van der Waals surface area contributed by atoms with Gasteiger partial charge in [-0.1, -0.05) is 149 Å². The van der Waals surface area contributed by atoms with Gasteiger partial charge in [0.2, 0.25) is 0 Å². The smallest absolute Gasteiger partial charge is 0.235 e. The van der Waals surface area contributed by atoms with E-state index in [9.17, 15) is 0 Å². The Morgan fingerprint density at radius 3 is 1.26 bits per heavy atom. The molecule has 0 saturated carbocycles. The average molecular weight is 490 g/mol. The van der Waals surface area contributed by atoms with Crippen LogP contribution in [0.15, 0.2) is 12.4 Å². The SMILES string of the molecule is CCCCCCCCCCCCCCCCCc1n(CCCCCCCCCCC)cc[n+]1CC. The lowest BCUT2D eigenvalue weighted by atomic mass is 10.0. The molecule has 206 valence electrons. The quantitative estimate of drug-likeness (QED) is 0.0858. The topological polar surface area (TPSA) is 8.81 Å². The van der Waals surface area contributed by atoms with Crippen molar-refractivity contribution in [2.24, 2.45) is 0 Å². The highest BCUT2D eigenvalue weighted by Gasteiger charge is 2.15. The lowest BCUT2D eigenvalue weighted by molar-refractivity contribution is -0.700. The minimum absolute atomic E-state index is 1.11. The Morgan fingerprint density at radius 1 is 0.486 bits per heavy atom. The van der Waals surface area contributed by atoms with Gasteiger partial charge in [0.15, 0.2) is 0 Å². The number of unbranched alkanes of at least 4 members (excludes halogenated alkanes) is 22. The van der Waals surface area contributed by atoms with Crippen LogP contribution in [0.2, 0.25) is 0 Å². The third-order valence-electron chi connectivity index (χ3n) is 7.94. The Balaban J connectivity index is 2.01. The summed E-state index contributed by atoms with van der Waals surface area (Å²) in [6.07, 6.45) is 40.3. The van der Waals surface area contributed by atoms with Crippen molar-refractivity contribution >= 4 is 0 Å². The molecule has 2 nitrogen and oxygen atoms in total. The summed E-state index contributed by atoms with van der Waals surface area (Å²) in [6, 6.07) is 0. The molecule has 1 aromatic rings. The Hall–Kier alpha value is -0.790. The second-order valence-electron chi connectivity index (χ2n) is 11.2. The minimum Gasteiger partial charge on any atom is -0.235 e. The van der Waals surface area contributed by atoms with Crippen LogP contribution in [0.4, 0.5) is 0 Å². The predicted octanol–water partition coefficient (Wildman–Crippen LogP) is 10.7. The largest absolute Gasteiger partial charge is 0.256 e. The van der Waals surface area contributed by atoms with E-state index in [1.54, 1.807) is 5.82 Å². The molecule has 0 aliphatic carbocycles. The zero-order chi connectivity index (χ0) is 25.2. The first-order valence-corrected chi connectivity index (χ1v) is 16.4. The van der Waals surface area contributed by atoms with Gasteiger partial charge in [-0.15, -0.1) is 0 Å².